The first-order valence-corrected chi connectivity index (χ1v) is 12.4. The molecule has 0 unspecified atom stereocenters. The lowest BCUT2D eigenvalue weighted by atomic mass is 9.81. The molecule has 7 heteroatoms. The average Bonchev–Trinajstić information content (AvgIpc) is 3.35. The van der Waals surface area contributed by atoms with E-state index >= 15 is 0 Å². The maximum atomic E-state index is 13.2. The molecule has 7 nitrogen and oxygen atoms in total. The molecule has 1 amide bonds. The van der Waals surface area contributed by atoms with Crippen molar-refractivity contribution >= 4 is 5.91 Å². The minimum Gasteiger partial charge on any atom is -0.354 e. The Morgan fingerprint density at radius 2 is 1.85 bits per heavy atom. The van der Waals surface area contributed by atoms with Crippen LogP contribution in [0.3, 0.4) is 0 Å². The zero-order chi connectivity index (χ0) is 23.2. The number of piperidine rings is 1. The van der Waals surface area contributed by atoms with E-state index in [1.54, 1.807) is 6.20 Å². The summed E-state index contributed by atoms with van der Waals surface area (Å²) in [6.45, 7) is 6.34. The van der Waals surface area contributed by atoms with E-state index in [2.05, 4.69) is 55.6 Å². The molecule has 2 aliphatic rings. The Morgan fingerprint density at radius 1 is 1.03 bits per heavy atom. The number of aromatic nitrogens is 2. The van der Waals surface area contributed by atoms with E-state index in [0.717, 1.165) is 70.0 Å². The number of nitrogens with one attached hydrogen (secondary N) is 1. The SMILES string of the molecule is O=C(C[C@H]1CCNC[C@@H]1Cc1cc(-c2ccccn2)on1)N1CCN(Cc2ccccc2)CC1. The maximum absolute atomic E-state index is 13.2. The second kappa shape index (κ2) is 10.9. The summed E-state index contributed by atoms with van der Waals surface area (Å²) in [5.41, 5.74) is 3.06. The fraction of sp³-hybridized carbons (Fsp3) is 0.444. The van der Waals surface area contributed by atoms with E-state index in [0.29, 0.717) is 29.9 Å². The lowest BCUT2D eigenvalue weighted by Gasteiger charge is -2.37. The van der Waals surface area contributed by atoms with Crippen LogP contribution >= 0.6 is 0 Å². The summed E-state index contributed by atoms with van der Waals surface area (Å²) in [4.78, 5) is 22.0. The molecule has 0 bridgehead atoms. The summed E-state index contributed by atoms with van der Waals surface area (Å²) in [7, 11) is 0. The van der Waals surface area contributed by atoms with Gasteiger partial charge in [-0.3, -0.25) is 14.7 Å². The van der Waals surface area contributed by atoms with Crippen LogP contribution in [0.15, 0.2) is 65.3 Å². The highest BCUT2D eigenvalue weighted by molar-refractivity contribution is 5.76. The molecule has 2 saturated heterocycles. The molecular formula is C27H33N5O2. The molecule has 1 aromatic carbocycles. The molecule has 0 saturated carbocycles. The number of hydrogen-bond donors (Lipinski definition) is 1. The monoisotopic (exact) mass is 459 g/mol. The van der Waals surface area contributed by atoms with Crippen molar-refractivity contribution in [2.75, 3.05) is 39.3 Å². The smallest absolute Gasteiger partial charge is 0.222 e. The van der Waals surface area contributed by atoms with Crippen LogP contribution in [-0.2, 0) is 17.8 Å². The van der Waals surface area contributed by atoms with Gasteiger partial charge in [-0.2, -0.15) is 0 Å². The summed E-state index contributed by atoms with van der Waals surface area (Å²) in [6, 6.07) is 18.3. The lowest BCUT2D eigenvalue weighted by Crippen LogP contribution is -2.49. The van der Waals surface area contributed by atoms with Crippen LogP contribution in [0.25, 0.3) is 11.5 Å². The summed E-state index contributed by atoms with van der Waals surface area (Å²) in [5, 5.41) is 7.79. The zero-order valence-electron chi connectivity index (χ0n) is 19.6. The lowest BCUT2D eigenvalue weighted by molar-refractivity contribution is -0.134. The number of rotatable bonds is 7. The number of carbonyl (C=O) groups excluding carboxylic acids is 1. The van der Waals surface area contributed by atoms with Crippen LogP contribution in [0.1, 0.15) is 24.1 Å². The van der Waals surface area contributed by atoms with Crippen molar-refractivity contribution in [1.82, 2.24) is 25.3 Å². The maximum Gasteiger partial charge on any atom is 0.222 e. The van der Waals surface area contributed by atoms with Crippen LogP contribution < -0.4 is 5.32 Å². The molecule has 0 radical (unpaired) electrons. The minimum atomic E-state index is 0.297. The van der Waals surface area contributed by atoms with Gasteiger partial charge in [0.2, 0.25) is 5.91 Å². The Morgan fingerprint density at radius 3 is 2.65 bits per heavy atom. The summed E-state index contributed by atoms with van der Waals surface area (Å²) in [5.74, 6) is 1.73. The number of amides is 1. The first-order chi connectivity index (χ1) is 16.7. The number of pyridine rings is 1. The standard InChI is InChI=1S/C27H33N5O2/c33-27(32-14-12-31(13-15-32)20-21-6-2-1-3-7-21)17-22-9-11-28-19-23(22)16-24-18-26(34-30-24)25-8-4-5-10-29-25/h1-8,10,18,22-23,28H,9,11-17,19-20H2/t22-,23+/m1/s1. The van der Waals surface area contributed by atoms with E-state index < -0.39 is 0 Å². The van der Waals surface area contributed by atoms with E-state index in [-0.39, 0.29) is 0 Å². The molecule has 3 aromatic rings. The van der Waals surface area contributed by atoms with E-state index in [9.17, 15) is 4.79 Å². The van der Waals surface area contributed by atoms with Crippen molar-refractivity contribution < 1.29 is 9.32 Å². The Labute approximate surface area is 201 Å². The third-order valence-corrected chi connectivity index (χ3v) is 7.12. The minimum absolute atomic E-state index is 0.297. The van der Waals surface area contributed by atoms with Gasteiger partial charge >= 0.3 is 0 Å². The van der Waals surface area contributed by atoms with Crippen molar-refractivity contribution in [2.45, 2.75) is 25.8 Å². The molecule has 34 heavy (non-hydrogen) atoms. The normalized spacial score (nSPS) is 21.5. The van der Waals surface area contributed by atoms with Crippen molar-refractivity contribution in [2.24, 2.45) is 11.8 Å². The second-order valence-corrected chi connectivity index (χ2v) is 9.46. The Kier molecular flexibility index (Phi) is 7.31. The number of hydrogen-bond acceptors (Lipinski definition) is 6. The topological polar surface area (TPSA) is 74.5 Å². The van der Waals surface area contributed by atoms with E-state index in [1.165, 1.54) is 5.56 Å². The van der Waals surface area contributed by atoms with Gasteiger partial charge in [-0.15, -0.1) is 0 Å². The Balaban J connectivity index is 1.14. The van der Waals surface area contributed by atoms with E-state index in [4.69, 9.17) is 4.52 Å². The molecule has 1 N–H and O–H groups in total. The quantitative estimate of drug-likeness (QED) is 0.585. The highest BCUT2D eigenvalue weighted by Crippen LogP contribution is 2.28. The predicted octanol–water partition coefficient (Wildman–Crippen LogP) is 3.24. The molecule has 4 heterocycles. The van der Waals surface area contributed by atoms with Gasteiger partial charge < -0.3 is 14.7 Å². The summed E-state index contributed by atoms with van der Waals surface area (Å²) >= 11 is 0. The number of piperazine rings is 1. The van der Waals surface area contributed by atoms with Crippen LogP contribution in [0.2, 0.25) is 0 Å². The molecule has 0 spiro atoms. The van der Waals surface area contributed by atoms with Gasteiger partial charge in [0.15, 0.2) is 5.76 Å². The molecule has 0 aliphatic carbocycles. The first kappa shape index (κ1) is 22.7. The Bertz CT molecular complexity index is 1050. The van der Waals surface area contributed by atoms with Crippen LogP contribution in [0, 0.1) is 11.8 Å². The molecule has 2 atom stereocenters. The number of benzene rings is 1. The Hall–Kier alpha value is -3.03. The van der Waals surface area contributed by atoms with Crippen molar-refractivity contribution in [3.8, 4) is 11.5 Å². The van der Waals surface area contributed by atoms with Gasteiger partial charge in [0.05, 0.1) is 5.69 Å². The molecule has 5 rings (SSSR count). The van der Waals surface area contributed by atoms with Crippen LogP contribution in [-0.4, -0.2) is 65.1 Å². The van der Waals surface area contributed by atoms with Gasteiger partial charge in [0.25, 0.3) is 0 Å². The molecule has 178 valence electrons. The third-order valence-electron chi connectivity index (χ3n) is 7.12. The molecule has 2 aliphatic heterocycles. The van der Waals surface area contributed by atoms with Gasteiger partial charge in [-0.25, -0.2) is 0 Å². The molecular weight excluding hydrogens is 426 g/mol. The van der Waals surface area contributed by atoms with Crippen LogP contribution in [0.5, 0.6) is 0 Å². The van der Waals surface area contributed by atoms with Crippen molar-refractivity contribution in [3.05, 3.63) is 72.1 Å². The molecule has 2 fully saturated rings. The fourth-order valence-electron chi connectivity index (χ4n) is 5.14. The number of nitrogens with zero attached hydrogens (tertiary/aromatic N) is 4. The van der Waals surface area contributed by atoms with E-state index in [1.807, 2.05) is 24.3 Å². The zero-order valence-corrected chi connectivity index (χ0v) is 19.6. The predicted molar refractivity (Wildman–Crippen MR) is 131 cm³/mol. The third kappa shape index (κ3) is 5.72. The van der Waals surface area contributed by atoms with Crippen molar-refractivity contribution in [1.29, 1.82) is 0 Å². The summed E-state index contributed by atoms with van der Waals surface area (Å²) in [6.07, 6.45) is 4.21. The average molecular weight is 460 g/mol. The van der Waals surface area contributed by atoms with Gasteiger partial charge in [0, 0.05) is 51.4 Å². The highest BCUT2D eigenvalue weighted by Gasteiger charge is 2.30. The van der Waals surface area contributed by atoms with Crippen LogP contribution in [0.4, 0.5) is 0 Å². The highest BCUT2D eigenvalue weighted by atomic mass is 16.5. The largest absolute Gasteiger partial charge is 0.354 e. The van der Waals surface area contributed by atoms with Gasteiger partial charge in [-0.05, 0) is 55.5 Å². The first-order valence-electron chi connectivity index (χ1n) is 12.4. The fourth-order valence-corrected chi connectivity index (χ4v) is 5.14. The van der Waals surface area contributed by atoms with Gasteiger partial charge in [0.1, 0.15) is 5.69 Å². The summed E-state index contributed by atoms with van der Waals surface area (Å²) < 4.78 is 5.54. The van der Waals surface area contributed by atoms with Crippen molar-refractivity contribution in [3.63, 3.8) is 0 Å². The molecule has 2 aromatic heterocycles. The second-order valence-electron chi connectivity index (χ2n) is 9.46. The number of carbonyl (C=O) groups is 1. The van der Waals surface area contributed by atoms with Gasteiger partial charge in [-0.1, -0.05) is 41.6 Å².